The van der Waals surface area contributed by atoms with E-state index in [-0.39, 0.29) is 22.7 Å². The maximum atomic E-state index is 12.0. The monoisotopic (exact) mass is 332 g/mol. The molecule has 2 N–H and O–H groups in total. The molecule has 1 aromatic rings. The number of nitrogens with zero attached hydrogens (tertiary/aromatic N) is 1. The fourth-order valence-corrected chi connectivity index (χ4v) is 2.20. The summed E-state index contributed by atoms with van der Waals surface area (Å²) in [6.07, 6.45) is 2.06. The minimum atomic E-state index is -1.17. The highest BCUT2D eigenvalue weighted by Crippen LogP contribution is 2.22. The van der Waals surface area contributed by atoms with E-state index in [1.807, 2.05) is 6.26 Å². The number of nitrogens with one attached hydrogen (secondary N) is 1. The number of thioether (sulfide) groups is 1. The molecule has 7 nitrogen and oxygen atoms in total. The number of hydrogen-bond acceptors (Lipinski definition) is 5. The number of carboxylic acids is 1. The van der Waals surface area contributed by atoms with Gasteiger partial charge in [-0.3, -0.25) is 14.9 Å². The summed E-state index contributed by atoms with van der Waals surface area (Å²) in [4.78, 5) is 33.1. The third kappa shape index (κ3) is 4.91. The Morgan fingerprint density at radius 1 is 1.52 bits per heavy atom. The van der Waals surface area contributed by atoms with E-state index in [0.29, 0.717) is 5.75 Å². The Hall–Kier alpha value is -1.80. The van der Waals surface area contributed by atoms with Gasteiger partial charge in [0.1, 0.15) is 6.04 Å². The van der Waals surface area contributed by atoms with Crippen molar-refractivity contribution in [2.24, 2.45) is 0 Å². The van der Waals surface area contributed by atoms with Crippen LogP contribution in [0.2, 0.25) is 5.02 Å². The highest BCUT2D eigenvalue weighted by atomic mass is 35.5. The summed E-state index contributed by atoms with van der Waals surface area (Å²) in [7, 11) is 0. The first-order chi connectivity index (χ1) is 9.86. The molecule has 0 aromatic heterocycles. The highest BCUT2D eigenvalue weighted by Gasteiger charge is 2.22. The largest absolute Gasteiger partial charge is 0.480 e. The molecule has 0 fully saturated rings. The summed E-state index contributed by atoms with van der Waals surface area (Å²) in [6, 6.07) is 2.35. The van der Waals surface area contributed by atoms with Gasteiger partial charge in [-0.25, -0.2) is 4.79 Å². The van der Waals surface area contributed by atoms with Crippen molar-refractivity contribution in [2.45, 2.75) is 12.5 Å². The van der Waals surface area contributed by atoms with Gasteiger partial charge in [0.2, 0.25) is 0 Å². The zero-order valence-electron chi connectivity index (χ0n) is 11.0. The number of amides is 1. The number of benzene rings is 1. The number of nitro benzene ring substituents is 1. The first kappa shape index (κ1) is 17.3. The summed E-state index contributed by atoms with van der Waals surface area (Å²) in [6.45, 7) is 0. The minimum absolute atomic E-state index is 0.0205. The molecule has 0 radical (unpaired) electrons. The lowest BCUT2D eigenvalue weighted by molar-refractivity contribution is -0.384. The topological polar surface area (TPSA) is 110 Å². The van der Waals surface area contributed by atoms with Crippen LogP contribution in [-0.2, 0) is 4.79 Å². The zero-order chi connectivity index (χ0) is 16.0. The smallest absolute Gasteiger partial charge is 0.326 e. The van der Waals surface area contributed by atoms with Gasteiger partial charge in [-0.2, -0.15) is 11.8 Å². The molecule has 0 bridgehead atoms. The van der Waals surface area contributed by atoms with Gasteiger partial charge >= 0.3 is 5.97 Å². The first-order valence-corrected chi connectivity index (χ1v) is 7.60. The van der Waals surface area contributed by atoms with Crippen LogP contribution in [0.1, 0.15) is 16.8 Å². The molecular weight excluding hydrogens is 320 g/mol. The van der Waals surface area contributed by atoms with E-state index in [0.717, 1.165) is 6.07 Å². The quantitative estimate of drug-likeness (QED) is 0.585. The minimum Gasteiger partial charge on any atom is -0.480 e. The molecule has 0 aliphatic heterocycles. The number of aliphatic carboxylic acids is 1. The SMILES string of the molecule is CSCC[C@@H](NC(=O)c1cc([N+](=O)[O-])ccc1Cl)C(=O)O. The van der Waals surface area contributed by atoms with Crippen LogP contribution in [0.3, 0.4) is 0 Å². The van der Waals surface area contributed by atoms with E-state index in [2.05, 4.69) is 5.32 Å². The van der Waals surface area contributed by atoms with Crippen LogP contribution in [0, 0.1) is 10.1 Å². The van der Waals surface area contributed by atoms with Crippen molar-refractivity contribution in [3.63, 3.8) is 0 Å². The van der Waals surface area contributed by atoms with Crippen molar-refractivity contribution in [3.8, 4) is 0 Å². The summed E-state index contributed by atoms with van der Waals surface area (Å²) in [5, 5.41) is 22.1. The van der Waals surface area contributed by atoms with Gasteiger partial charge in [-0.1, -0.05) is 11.6 Å². The number of carbonyl (C=O) groups is 2. The maximum absolute atomic E-state index is 12.0. The number of carboxylic acid groups (broad SMARTS) is 1. The standard InChI is InChI=1S/C12H13ClN2O5S/c1-21-5-4-10(12(17)18)14-11(16)8-6-7(15(19)20)2-3-9(8)13/h2-3,6,10H,4-5H2,1H3,(H,14,16)(H,17,18)/t10-/m1/s1. The maximum Gasteiger partial charge on any atom is 0.326 e. The van der Waals surface area contributed by atoms with Crippen LogP contribution < -0.4 is 5.32 Å². The molecule has 114 valence electrons. The molecule has 0 heterocycles. The molecule has 9 heteroatoms. The van der Waals surface area contributed by atoms with Crippen molar-refractivity contribution in [1.29, 1.82) is 0 Å². The lowest BCUT2D eigenvalue weighted by Crippen LogP contribution is -2.41. The second-order valence-electron chi connectivity index (χ2n) is 4.07. The Kier molecular flexibility index (Phi) is 6.44. The Labute approximate surface area is 129 Å². The molecule has 0 aliphatic carbocycles. The molecule has 0 spiro atoms. The zero-order valence-corrected chi connectivity index (χ0v) is 12.6. The van der Waals surface area contributed by atoms with Gasteiger partial charge in [0.05, 0.1) is 15.5 Å². The molecule has 21 heavy (non-hydrogen) atoms. The van der Waals surface area contributed by atoms with Gasteiger partial charge in [0.25, 0.3) is 11.6 Å². The lowest BCUT2D eigenvalue weighted by Gasteiger charge is -2.14. The van der Waals surface area contributed by atoms with Crippen LogP contribution in [0.25, 0.3) is 0 Å². The number of non-ortho nitro benzene ring substituents is 1. The third-order valence-electron chi connectivity index (χ3n) is 2.62. The molecular formula is C12H13ClN2O5S. The number of halogens is 1. The van der Waals surface area contributed by atoms with Gasteiger partial charge < -0.3 is 10.4 Å². The summed E-state index contributed by atoms with van der Waals surface area (Å²) < 4.78 is 0. The molecule has 1 atom stereocenters. The van der Waals surface area contributed by atoms with E-state index in [1.54, 1.807) is 0 Å². The summed E-state index contributed by atoms with van der Waals surface area (Å²) in [5.41, 5.74) is -0.415. The summed E-state index contributed by atoms with van der Waals surface area (Å²) in [5.74, 6) is -1.36. The van der Waals surface area contributed by atoms with E-state index in [1.165, 1.54) is 23.9 Å². The molecule has 0 aliphatic rings. The van der Waals surface area contributed by atoms with Crippen LogP contribution in [-0.4, -0.2) is 40.0 Å². The molecule has 1 amide bonds. The Morgan fingerprint density at radius 2 is 2.19 bits per heavy atom. The number of carbonyl (C=O) groups excluding carboxylic acids is 1. The van der Waals surface area contributed by atoms with E-state index in [4.69, 9.17) is 16.7 Å². The summed E-state index contributed by atoms with van der Waals surface area (Å²) >= 11 is 7.28. The molecule has 0 saturated carbocycles. The number of hydrogen-bond donors (Lipinski definition) is 2. The van der Waals surface area contributed by atoms with Gasteiger partial charge in [-0.05, 0) is 24.5 Å². The van der Waals surface area contributed by atoms with Crippen molar-refractivity contribution < 1.29 is 19.6 Å². The lowest BCUT2D eigenvalue weighted by atomic mass is 10.1. The van der Waals surface area contributed by atoms with E-state index >= 15 is 0 Å². The highest BCUT2D eigenvalue weighted by molar-refractivity contribution is 7.98. The van der Waals surface area contributed by atoms with Crippen molar-refractivity contribution in [2.75, 3.05) is 12.0 Å². The van der Waals surface area contributed by atoms with Crippen LogP contribution in [0.15, 0.2) is 18.2 Å². The van der Waals surface area contributed by atoms with E-state index in [9.17, 15) is 19.7 Å². The average Bonchev–Trinajstić information content (AvgIpc) is 2.42. The Morgan fingerprint density at radius 3 is 2.71 bits per heavy atom. The fraction of sp³-hybridized carbons (Fsp3) is 0.333. The average molecular weight is 333 g/mol. The van der Waals surface area contributed by atoms with E-state index < -0.39 is 22.8 Å². The van der Waals surface area contributed by atoms with Crippen LogP contribution in [0.4, 0.5) is 5.69 Å². The molecule has 0 saturated heterocycles. The predicted molar refractivity (Wildman–Crippen MR) is 80.0 cm³/mol. The van der Waals surface area contributed by atoms with Crippen molar-refractivity contribution >= 4 is 40.9 Å². The van der Waals surface area contributed by atoms with Crippen LogP contribution in [0.5, 0.6) is 0 Å². The molecule has 0 unspecified atom stereocenters. The molecule has 1 rings (SSSR count). The van der Waals surface area contributed by atoms with Crippen molar-refractivity contribution in [1.82, 2.24) is 5.32 Å². The molecule has 1 aromatic carbocycles. The fourth-order valence-electron chi connectivity index (χ4n) is 1.53. The predicted octanol–water partition coefficient (Wildman–Crippen LogP) is 2.18. The van der Waals surface area contributed by atoms with Crippen LogP contribution >= 0.6 is 23.4 Å². The number of rotatable bonds is 7. The normalized spacial score (nSPS) is 11.7. The van der Waals surface area contributed by atoms with Crippen molar-refractivity contribution in [3.05, 3.63) is 38.9 Å². The Balaban J connectivity index is 2.94. The van der Waals surface area contributed by atoms with Gasteiger partial charge in [0, 0.05) is 12.1 Å². The third-order valence-corrected chi connectivity index (χ3v) is 3.59. The second kappa shape index (κ2) is 7.84. The number of nitro groups is 1. The van der Waals surface area contributed by atoms with Gasteiger partial charge in [0.15, 0.2) is 0 Å². The second-order valence-corrected chi connectivity index (χ2v) is 5.46. The van der Waals surface area contributed by atoms with Gasteiger partial charge in [-0.15, -0.1) is 0 Å². The first-order valence-electron chi connectivity index (χ1n) is 5.83. The Bertz CT molecular complexity index is 567.